The van der Waals surface area contributed by atoms with Gasteiger partial charge in [-0.2, -0.15) is 11.8 Å². The largest absolute Gasteiger partial charge is 0.224 e. The van der Waals surface area contributed by atoms with Gasteiger partial charge in [0.2, 0.25) is 0 Å². The Kier molecular flexibility index (Phi) is 2.51. The summed E-state index contributed by atoms with van der Waals surface area (Å²) in [5.74, 6) is 3.49. The number of thioether (sulfide) groups is 1. The average Bonchev–Trinajstić information content (AvgIpc) is 2.74. The molecule has 0 aromatic carbocycles. The fraction of sp³-hybridized carbons (Fsp3) is 0.833. The van der Waals surface area contributed by atoms with Crippen molar-refractivity contribution in [2.24, 2.45) is 0 Å². The first-order valence-corrected chi connectivity index (χ1v) is 5.51. The Hall–Kier alpha value is -0.290. The minimum Gasteiger partial charge on any atom is -0.224 e. The molecule has 1 aromatic rings. The summed E-state index contributed by atoms with van der Waals surface area (Å²) < 4.78 is 1.85. The van der Waals surface area contributed by atoms with Gasteiger partial charge in [0.25, 0.3) is 0 Å². The molecule has 0 saturated carbocycles. The summed E-state index contributed by atoms with van der Waals surface area (Å²) >= 11 is 7.62. The van der Waals surface area contributed by atoms with Crippen molar-refractivity contribution < 1.29 is 0 Å². The Morgan fingerprint density at radius 2 is 2.58 bits per heavy atom. The van der Waals surface area contributed by atoms with Crippen LogP contribution in [0.15, 0.2) is 0 Å². The van der Waals surface area contributed by atoms with Crippen molar-refractivity contribution in [1.29, 1.82) is 0 Å². The smallest absolute Gasteiger partial charge is 0.166 e. The van der Waals surface area contributed by atoms with E-state index in [1.165, 1.54) is 5.75 Å². The fourth-order valence-corrected chi connectivity index (χ4v) is 2.66. The molecule has 1 atom stereocenters. The number of nitrogens with zero attached hydrogens (tertiary/aromatic N) is 4. The lowest BCUT2D eigenvalue weighted by Crippen LogP contribution is -2.12. The fourth-order valence-electron chi connectivity index (χ4n) is 1.30. The van der Waals surface area contributed by atoms with Gasteiger partial charge in [0, 0.05) is 5.75 Å². The van der Waals surface area contributed by atoms with Crippen molar-refractivity contribution in [3.8, 4) is 0 Å². The number of hydrogen-bond acceptors (Lipinski definition) is 4. The highest BCUT2D eigenvalue weighted by molar-refractivity contribution is 7.99. The SMILES string of the molecule is ClCc1nnnn1C1CCSC1. The van der Waals surface area contributed by atoms with E-state index >= 15 is 0 Å². The van der Waals surface area contributed by atoms with Crippen LogP contribution >= 0.6 is 23.4 Å². The van der Waals surface area contributed by atoms with E-state index < -0.39 is 0 Å². The minimum absolute atomic E-state index is 0.397. The lowest BCUT2D eigenvalue weighted by Gasteiger charge is -2.08. The van der Waals surface area contributed by atoms with Gasteiger partial charge in [-0.25, -0.2) is 4.68 Å². The molecule has 1 aliphatic rings. The number of tetrazole rings is 1. The zero-order valence-corrected chi connectivity index (χ0v) is 8.05. The second kappa shape index (κ2) is 3.62. The second-order valence-corrected chi connectivity index (χ2v) is 4.11. The first kappa shape index (κ1) is 8.31. The highest BCUT2D eigenvalue weighted by Gasteiger charge is 2.20. The van der Waals surface area contributed by atoms with E-state index in [4.69, 9.17) is 11.6 Å². The van der Waals surface area contributed by atoms with Crippen LogP contribution in [0.25, 0.3) is 0 Å². The van der Waals surface area contributed by atoms with Gasteiger partial charge in [-0.15, -0.1) is 16.7 Å². The van der Waals surface area contributed by atoms with Gasteiger partial charge in [0.15, 0.2) is 5.82 Å². The van der Waals surface area contributed by atoms with Gasteiger partial charge in [-0.3, -0.25) is 0 Å². The van der Waals surface area contributed by atoms with Gasteiger partial charge < -0.3 is 0 Å². The molecule has 0 amide bonds. The van der Waals surface area contributed by atoms with Gasteiger partial charge in [-0.05, 0) is 22.6 Å². The quantitative estimate of drug-likeness (QED) is 0.677. The van der Waals surface area contributed by atoms with Crippen LogP contribution in [0.5, 0.6) is 0 Å². The average molecular weight is 205 g/mol. The summed E-state index contributed by atoms with van der Waals surface area (Å²) in [4.78, 5) is 0. The molecule has 0 radical (unpaired) electrons. The predicted octanol–water partition coefficient (Wildman–Crippen LogP) is 1.09. The lowest BCUT2D eigenvalue weighted by molar-refractivity contribution is 0.474. The second-order valence-electron chi connectivity index (χ2n) is 2.69. The molecule has 0 N–H and O–H groups in total. The highest BCUT2D eigenvalue weighted by Crippen LogP contribution is 2.27. The van der Waals surface area contributed by atoms with Crippen molar-refractivity contribution in [3.63, 3.8) is 0 Å². The van der Waals surface area contributed by atoms with Crippen LogP contribution in [-0.2, 0) is 5.88 Å². The third kappa shape index (κ3) is 1.43. The van der Waals surface area contributed by atoms with Crippen molar-refractivity contribution in [3.05, 3.63) is 5.82 Å². The molecule has 2 heterocycles. The van der Waals surface area contributed by atoms with Crippen LogP contribution in [0, 0.1) is 0 Å². The van der Waals surface area contributed by atoms with Crippen molar-refractivity contribution in [2.45, 2.75) is 18.3 Å². The Morgan fingerprint density at radius 1 is 1.67 bits per heavy atom. The summed E-state index contributed by atoms with van der Waals surface area (Å²) in [6.07, 6.45) is 1.15. The Bertz CT molecular complexity index is 258. The third-order valence-corrected chi connectivity index (χ3v) is 3.32. The van der Waals surface area contributed by atoms with Gasteiger partial charge in [0.05, 0.1) is 11.9 Å². The normalized spacial score (nSPS) is 23.2. The molecule has 4 nitrogen and oxygen atoms in total. The molecule has 1 aliphatic heterocycles. The van der Waals surface area contributed by atoms with Crippen LogP contribution in [0.1, 0.15) is 18.3 Å². The Balaban J connectivity index is 2.19. The molecule has 1 aromatic heterocycles. The van der Waals surface area contributed by atoms with Crippen LogP contribution in [0.3, 0.4) is 0 Å². The number of aromatic nitrogens is 4. The maximum absolute atomic E-state index is 5.68. The van der Waals surface area contributed by atoms with Crippen LogP contribution < -0.4 is 0 Å². The monoisotopic (exact) mass is 204 g/mol. The molecular formula is C6H9ClN4S. The van der Waals surface area contributed by atoms with Gasteiger partial charge in [0.1, 0.15) is 0 Å². The standard InChI is InChI=1S/C6H9ClN4S/c7-3-6-8-9-10-11(6)5-1-2-12-4-5/h5H,1-4H2. The van der Waals surface area contributed by atoms with E-state index in [-0.39, 0.29) is 0 Å². The van der Waals surface area contributed by atoms with E-state index in [2.05, 4.69) is 15.5 Å². The van der Waals surface area contributed by atoms with E-state index in [0.29, 0.717) is 11.9 Å². The topological polar surface area (TPSA) is 43.6 Å². The van der Waals surface area contributed by atoms with Crippen molar-refractivity contribution in [1.82, 2.24) is 20.2 Å². The minimum atomic E-state index is 0.397. The zero-order chi connectivity index (χ0) is 8.39. The summed E-state index contributed by atoms with van der Waals surface area (Å²) in [7, 11) is 0. The molecule has 1 unspecified atom stereocenters. The number of halogens is 1. The van der Waals surface area contributed by atoms with E-state index in [9.17, 15) is 0 Å². The van der Waals surface area contributed by atoms with E-state index in [1.54, 1.807) is 0 Å². The van der Waals surface area contributed by atoms with Crippen molar-refractivity contribution in [2.75, 3.05) is 11.5 Å². The van der Waals surface area contributed by atoms with E-state index in [1.807, 2.05) is 16.4 Å². The first-order valence-electron chi connectivity index (χ1n) is 3.82. The highest BCUT2D eigenvalue weighted by atomic mass is 35.5. The Morgan fingerprint density at radius 3 is 3.25 bits per heavy atom. The van der Waals surface area contributed by atoms with Gasteiger partial charge >= 0.3 is 0 Å². The van der Waals surface area contributed by atoms with Crippen LogP contribution in [-0.4, -0.2) is 31.7 Å². The van der Waals surface area contributed by atoms with Crippen LogP contribution in [0.2, 0.25) is 0 Å². The van der Waals surface area contributed by atoms with Crippen LogP contribution in [0.4, 0.5) is 0 Å². The third-order valence-electron chi connectivity index (χ3n) is 1.93. The number of hydrogen-bond donors (Lipinski definition) is 0. The molecular weight excluding hydrogens is 196 g/mol. The number of alkyl halides is 1. The molecule has 0 spiro atoms. The Labute approximate surface area is 79.7 Å². The molecule has 1 saturated heterocycles. The summed E-state index contributed by atoms with van der Waals surface area (Å²) in [5, 5.41) is 11.4. The molecule has 1 fully saturated rings. The molecule has 0 aliphatic carbocycles. The summed E-state index contributed by atoms with van der Waals surface area (Å²) in [6.45, 7) is 0. The molecule has 2 rings (SSSR count). The first-order chi connectivity index (χ1) is 5.92. The molecule has 6 heteroatoms. The van der Waals surface area contributed by atoms with Crippen molar-refractivity contribution >= 4 is 23.4 Å². The van der Waals surface area contributed by atoms with E-state index in [0.717, 1.165) is 18.0 Å². The summed E-state index contributed by atoms with van der Waals surface area (Å²) in [5.41, 5.74) is 0. The maximum atomic E-state index is 5.68. The lowest BCUT2D eigenvalue weighted by atomic mass is 10.3. The predicted molar refractivity (Wildman–Crippen MR) is 48.4 cm³/mol. The summed E-state index contributed by atoms with van der Waals surface area (Å²) in [6, 6.07) is 0.457. The number of rotatable bonds is 2. The maximum Gasteiger partial charge on any atom is 0.166 e. The zero-order valence-electron chi connectivity index (χ0n) is 6.48. The molecule has 0 bridgehead atoms. The molecule has 12 heavy (non-hydrogen) atoms. The van der Waals surface area contributed by atoms with Gasteiger partial charge in [-0.1, -0.05) is 0 Å². The molecule has 66 valence electrons.